The fourth-order valence-corrected chi connectivity index (χ4v) is 3.94. The fraction of sp³-hybridized carbons (Fsp3) is 0.185. The van der Waals surface area contributed by atoms with Crippen molar-refractivity contribution in [3.63, 3.8) is 0 Å². The highest BCUT2D eigenvalue weighted by atomic mass is 19.1. The summed E-state index contributed by atoms with van der Waals surface area (Å²) in [6.45, 7) is 3.65. The molecule has 0 unspecified atom stereocenters. The first-order chi connectivity index (χ1) is 17.7. The third-order valence-electron chi connectivity index (χ3n) is 5.73. The van der Waals surface area contributed by atoms with Crippen molar-refractivity contribution >= 4 is 44.9 Å². The number of nitriles is 1. The number of halogens is 1. The van der Waals surface area contributed by atoms with Crippen molar-refractivity contribution in [3.05, 3.63) is 81.9 Å². The molecule has 2 amide bonds. The molecule has 37 heavy (non-hydrogen) atoms. The lowest BCUT2D eigenvalue weighted by Crippen LogP contribution is -2.39. The van der Waals surface area contributed by atoms with Gasteiger partial charge < -0.3 is 26.1 Å². The molecular formula is C27H24FN5O4. The van der Waals surface area contributed by atoms with Crippen molar-refractivity contribution in [3.8, 4) is 6.07 Å². The molecule has 5 N–H and O–H groups in total. The molecule has 0 bridgehead atoms. The molecule has 188 valence electrons. The molecule has 0 fully saturated rings. The quantitative estimate of drug-likeness (QED) is 0.271. The number of anilines is 2. The molecule has 0 spiro atoms. The van der Waals surface area contributed by atoms with Crippen LogP contribution in [0.15, 0.2) is 59.4 Å². The van der Waals surface area contributed by atoms with E-state index >= 15 is 0 Å². The van der Waals surface area contributed by atoms with Gasteiger partial charge in [-0.25, -0.2) is 4.39 Å². The lowest BCUT2D eigenvalue weighted by Gasteiger charge is -2.21. The maximum atomic E-state index is 13.7. The molecule has 0 saturated heterocycles. The summed E-state index contributed by atoms with van der Waals surface area (Å²) in [6, 6.07) is 14.5. The molecule has 1 aromatic heterocycles. The van der Waals surface area contributed by atoms with E-state index in [4.69, 9.17) is 15.7 Å². The zero-order valence-corrected chi connectivity index (χ0v) is 20.1. The van der Waals surface area contributed by atoms with E-state index in [0.29, 0.717) is 33.1 Å². The van der Waals surface area contributed by atoms with Gasteiger partial charge in [0, 0.05) is 22.1 Å². The third-order valence-corrected chi connectivity index (χ3v) is 5.73. The standard InChI is InChI=1S/C27H24FN5O4/c1-14(2)37-13-23(31-16-7-9-22(28)15(10-16)12-29)27(36)32-17-6-8-19-21(11-17)18-4-3-5-20(25(30)34)24(18)33-26(19)35/h3-11,14,23,31H,13H2,1-2H3,(H2,30,34)(H,32,36)(H,33,35)/t23-/m0/s1. The fourth-order valence-electron chi connectivity index (χ4n) is 3.94. The van der Waals surface area contributed by atoms with Crippen LogP contribution in [0.4, 0.5) is 15.8 Å². The number of fused-ring (bicyclic) bond motifs is 3. The number of para-hydroxylation sites is 1. The van der Waals surface area contributed by atoms with Crippen LogP contribution in [-0.4, -0.2) is 35.6 Å². The van der Waals surface area contributed by atoms with Gasteiger partial charge in [0.2, 0.25) is 5.91 Å². The number of amides is 2. The summed E-state index contributed by atoms with van der Waals surface area (Å²) in [5.74, 6) is -1.79. The Hall–Kier alpha value is -4.75. The zero-order valence-electron chi connectivity index (χ0n) is 20.1. The van der Waals surface area contributed by atoms with E-state index in [-0.39, 0.29) is 23.8 Å². The summed E-state index contributed by atoms with van der Waals surface area (Å²) < 4.78 is 19.4. The number of aromatic nitrogens is 1. The van der Waals surface area contributed by atoms with Crippen LogP contribution in [0.3, 0.4) is 0 Å². The Labute approximate surface area is 211 Å². The van der Waals surface area contributed by atoms with E-state index in [1.807, 2.05) is 13.8 Å². The number of aromatic amines is 1. The number of nitrogens with one attached hydrogen (secondary N) is 3. The molecule has 0 saturated carbocycles. The minimum absolute atomic E-state index is 0.000908. The Kier molecular flexibility index (Phi) is 7.18. The lowest BCUT2D eigenvalue weighted by molar-refractivity contribution is -0.118. The minimum Gasteiger partial charge on any atom is -0.376 e. The number of nitrogens with zero attached hydrogens (tertiary/aromatic N) is 1. The largest absolute Gasteiger partial charge is 0.376 e. The van der Waals surface area contributed by atoms with Crippen molar-refractivity contribution in [2.24, 2.45) is 5.73 Å². The van der Waals surface area contributed by atoms with E-state index < -0.39 is 29.2 Å². The third kappa shape index (κ3) is 5.42. The number of rotatable bonds is 8. The topological polar surface area (TPSA) is 150 Å². The summed E-state index contributed by atoms with van der Waals surface area (Å²) in [4.78, 5) is 40.5. The number of carbonyl (C=O) groups is 2. The van der Waals surface area contributed by atoms with Gasteiger partial charge in [0.05, 0.1) is 29.4 Å². The summed E-state index contributed by atoms with van der Waals surface area (Å²) in [5, 5.41) is 16.4. The van der Waals surface area contributed by atoms with Gasteiger partial charge in [0.1, 0.15) is 17.9 Å². The van der Waals surface area contributed by atoms with E-state index in [2.05, 4.69) is 15.6 Å². The van der Waals surface area contributed by atoms with Crippen LogP contribution in [0.1, 0.15) is 29.8 Å². The second-order valence-corrected chi connectivity index (χ2v) is 8.68. The number of hydrogen-bond acceptors (Lipinski definition) is 6. The van der Waals surface area contributed by atoms with E-state index in [0.717, 1.165) is 6.07 Å². The van der Waals surface area contributed by atoms with E-state index in [1.54, 1.807) is 36.4 Å². The number of benzene rings is 3. The SMILES string of the molecule is CC(C)OC[C@H](Nc1ccc(F)c(C#N)c1)C(=O)Nc1ccc2c(=O)[nH]c3c(C(N)=O)cccc3c2c1. The van der Waals surface area contributed by atoms with Crippen LogP contribution in [0, 0.1) is 17.1 Å². The molecule has 0 radical (unpaired) electrons. The predicted molar refractivity (Wildman–Crippen MR) is 139 cm³/mol. The highest BCUT2D eigenvalue weighted by Gasteiger charge is 2.21. The maximum Gasteiger partial charge on any atom is 0.256 e. The zero-order chi connectivity index (χ0) is 26.7. The maximum absolute atomic E-state index is 13.7. The second kappa shape index (κ2) is 10.5. The van der Waals surface area contributed by atoms with Gasteiger partial charge >= 0.3 is 0 Å². The molecule has 4 aromatic rings. The first kappa shape index (κ1) is 25.3. The summed E-state index contributed by atoms with van der Waals surface area (Å²) in [5.41, 5.74) is 6.18. The van der Waals surface area contributed by atoms with Crippen LogP contribution in [0.25, 0.3) is 21.7 Å². The van der Waals surface area contributed by atoms with E-state index in [9.17, 15) is 18.8 Å². The molecule has 1 heterocycles. The average Bonchev–Trinajstić information content (AvgIpc) is 2.86. The second-order valence-electron chi connectivity index (χ2n) is 8.68. The number of carbonyl (C=O) groups excluding carboxylic acids is 2. The number of pyridine rings is 1. The Balaban J connectivity index is 1.68. The average molecular weight is 502 g/mol. The highest BCUT2D eigenvalue weighted by Crippen LogP contribution is 2.26. The van der Waals surface area contributed by atoms with Crippen molar-refractivity contribution in [1.29, 1.82) is 5.26 Å². The molecule has 3 aromatic carbocycles. The van der Waals surface area contributed by atoms with Gasteiger partial charge in [-0.15, -0.1) is 0 Å². The number of H-pyrrole nitrogens is 1. The first-order valence-electron chi connectivity index (χ1n) is 11.4. The Morgan fingerprint density at radius 2 is 1.84 bits per heavy atom. The van der Waals surface area contributed by atoms with Gasteiger partial charge in [-0.3, -0.25) is 14.4 Å². The molecule has 9 nitrogen and oxygen atoms in total. The van der Waals surface area contributed by atoms with Gasteiger partial charge in [0.25, 0.3) is 11.5 Å². The Morgan fingerprint density at radius 1 is 1.08 bits per heavy atom. The molecule has 4 rings (SSSR count). The van der Waals surface area contributed by atoms with Crippen molar-refractivity contribution in [2.45, 2.75) is 26.0 Å². The Morgan fingerprint density at radius 3 is 2.54 bits per heavy atom. The molecule has 0 aliphatic carbocycles. The van der Waals surface area contributed by atoms with Gasteiger partial charge in [-0.2, -0.15) is 5.26 Å². The monoisotopic (exact) mass is 501 g/mol. The van der Waals surface area contributed by atoms with Crippen LogP contribution < -0.4 is 21.9 Å². The molecule has 0 aliphatic rings. The minimum atomic E-state index is -0.882. The molecule has 0 aliphatic heterocycles. The van der Waals surface area contributed by atoms with Crippen LogP contribution in [-0.2, 0) is 9.53 Å². The van der Waals surface area contributed by atoms with Crippen molar-refractivity contribution < 1.29 is 18.7 Å². The van der Waals surface area contributed by atoms with Gasteiger partial charge in [-0.05, 0) is 61.7 Å². The molecule has 10 heteroatoms. The van der Waals surface area contributed by atoms with Crippen LogP contribution >= 0.6 is 0 Å². The molecule has 1 atom stereocenters. The normalized spacial score (nSPS) is 11.9. The Bertz CT molecular complexity index is 1620. The predicted octanol–water partition coefficient (Wildman–Crippen LogP) is 3.64. The van der Waals surface area contributed by atoms with Crippen LogP contribution in [0.2, 0.25) is 0 Å². The number of primary amides is 1. The van der Waals surface area contributed by atoms with Gasteiger partial charge in [-0.1, -0.05) is 12.1 Å². The number of nitrogens with two attached hydrogens (primary N) is 1. The van der Waals surface area contributed by atoms with E-state index in [1.165, 1.54) is 18.2 Å². The smallest absolute Gasteiger partial charge is 0.256 e. The van der Waals surface area contributed by atoms with Gasteiger partial charge in [0.15, 0.2) is 0 Å². The van der Waals surface area contributed by atoms with Crippen LogP contribution in [0.5, 0.6) is 0 Å². The summed E-state index contributed by atoms with van der Waals surface area (Å²) >= 11 is 0. The first-order valence-corrected chi connectivity index (χ1v) is 11.4. The lowest BCUT2D eigenvalue weighted by atomic mass is 10.0. The number of ether oxygens (including phenoxy) is 1. The summed E-state index contributed by atoms with van der Waals surface area (Å²) in [7, 11) is 0. The highest BCUT2D eigenvalue weighted by molar-refractivity contribution is 6.13. The molecular weight excluding hydrogens is 477 g/mol. The summed E-state index contributed by atoms with van der Waals surface area (Å²) in [6.07, 6.45) is -0.154. The van der Waals surface area contributed by atoms with Crippen molar-refractivity contribution in [1.82, 2.24) is 4.98 Å². The number of hydrogen-bond donors (Lipinski definition) is 4. The van der Waals surface area contributed by atoms with Crippen molar-refractivity contribution in [2.75, 3.05) is 17.2 Å².